The second-order valence-electron chi connectivity index (χ2n) is 8.14. The standard InChI is InChI=1S/C22H28O2Si/c1-22(2,3)25(20-10-6-4-7-11-20,21-12-8-5-9-13-21)24-17-19(23)16-18-14-15-18/h4-13,18H,14-17H2,1-3H3. The molecule has 0 saturated heterocycles. The van der Waals surface area contributed by atoms with Gasteiger partial charge in [-0.25, -0.2) is 0 Å². The molecule has 132 valence electrons. The second kappa shape index (κ2) is 7.26. The van der Waals surface area contributed by atoms with E-state index in [1.807, 2.05) is 12.1 Å². The Bertz CT molecular complexity index is 660. The van der Waals surface area contributed by atoms with E-state index in [4.69, 9.17) is 4.43 Å². The number of ketones is 1. The van der Waals surface area contributed by atoms with E-state index < -0.39 is 8.32 Å². The van der Waals surface area contributed by atoms with Crippen LogP contribution in [0, 0.1) is 5.92 Å². The van der Waals surface area contributed by atoms with Crippen LogP contribution in [-0.2, 0) is 9.22 Å². The Morgan fingerprint density at radius 1 is 0.960 bits per heavy atom. The van der Waals surface area contributed by atoms with Gasteiger partial charge in [0.2, 0.25) is 0 Å². The van der Waals surface area contributed by atoms with Crippen LogP contribution in [0.4, 0.5) is 0 Å². The molecule has 2 aromatic rings. The number of Topliss-reactive ketones (excluding diaryl/α,β-unsaturated/α-hetero) is 1. The monoisotopic (exact) mass is 352 g/mol. The van der Waals surface area contributed by atoms with Gasteiger partial charge >= 0.3 is 0 Å². The van der Waals surface area contributed by atoms with E-state index in [0.717, 1.165) is 0 Å². The summed E-state index contributed by atoms with van der Waals surface area (Å²) < 4.78 is 6.65. The normalized spacial score (nSPS) is 15.2. The van der Waals surface area contributed by atoms with E-state index in [9.17, 15) is 4.79 Å². The fraction of sp³-hybridized carbons (Fsp3) is 0.409. The molecule has 1 aliphatic carbocycles. The predicted molar refractivity (Wildman–Crippen MR) is 106 cm³/mol. The van der Waals surface area contributed by atoms with Gasteiger partial charge in [0.25, 0.3) is 8.32 Å². The largest absolute Gasteiger partial charge is 0.400 e. The molecule has 0 heterocycles. The fourth-order valence-electron chi connectivity index (χ4n) is 3.65. The number of hydrogen-bond acceptors (Lipinski definition) is 2. The Hall–Kier alpha value is -1.71. The van der Waals surface area contributed by atoms with Crippen LogP contribution in [0.3, 0.4) is 0 Å². The van der Waals surface area contributed by atoms with Crippen molar-refractivity contribution in [3.05, 3.63) is 60.7 Å². The van der Waals surface area contributed by atoms with E-state index in [1.165, 1.54) is 23.2 Å². The van der Waals surface area contributed by atoms with E-state index in [-0.39, 0.29) is 17.4 Å². The van der Waals surface area contributed by atoms with Crippen molar-refractivity contribution in [3.8, 4) is 0 Å². The zero-order valence-electron chi connectivity index (χ0n) is 15.5. The Balaban J connectivity index is 2.00. The highest BCUT2D eigenvalue weighted by atomic mass is 28.4. The van der Waals surface area contributed by atoms with Crippen LogP contribution in [0.5, 0.6) is 0 Å². The summed E-state index contributed by atoms with van der Waals surface area (Å²) >= 11 is 0. The van der Waals surface area contributed by atoms with E-state index in [1.54, 1.807) is 0 Å². The number of carbonyl (C=O) groups is 1. The van der Waals surface area contributed by atoms with Crippen molar-refractivity contribution in [1.82, 2.24) is 0 Å². The van der Waals surface area contributed by atoms with Crippen LogP contribution in [0.2, 0.25) is 5.04 Å². The summed E-state index contributed by atoms with van der Waals surface area (Å²) in [6, 6.07) is 21.0. The first kappa shape index (κ1) is 18.1. The van der Waals surface area contributed by atoms with Gasteiger partial charge < -0.3 is 4.43 Å². The first-order valence-electron chi connectivity index (χ1n) is 9.20. The highest BCUT2D eigenvalue weighted by Gasteiger charge is 2.50. The van der Waals surface area contributed by atoms with Crippen molar-refractivity contribution in [1.29, 1.82) is 0 Å². The van der Waals surface area contributed by atoms with Gasteiger partial charge in [0.15, 0.2) is 5.78 Å². The molecule has 3 rings (SSSR count). The summed E-state index contributed by atoms with van der Waals surface area (Å²) in [6.07, 6.45) is 3.08. The minimum atomic E-state index is -2.56. The predicted octanol–water partition coefficient (Wildman–Crippen LogP) is 3.93. The fourth-order valence-corrected chi connectivity index (χ4v) is 8.19. The Kier molecular flexibility index (Phi) is 5.26. The zero-order valence-corrected chi connectivity index (χ0v) is 16.5. The Labute approximate surface area is 152 Å². The van der Waals surface area contributed by atoms with Crippen LogP contribution in [0.15, 0.2) is 60.7 Å². The van der Waals surface area contributed by atoms with Crippen molar-refractivity contribution < 1.29 is 9.22 Å². The van der Waals surface area contributed by atoms with Gasteiger partial charge in [-0.15, -0.1) is 0 Å². The summed E-state index contributed by atoms with van der Waals surface area (Å²) in [7, 11) is -2.56. The molecule has 3 heteroatoms. The first-order chi connectivity index (χ1) is 11.9. The molecule has 0 N–H and O–H groups in total. The number of rotatable bonds is 7. The highest BCUT2D eigenvalue weighted by Crippen LogP contribution is 2.37. The third-order valence-electron chi connectivity index (χ3n) is 5.08. The molecule has 2 aromatic carbocycles. The third kappa shape index (κ3) is 3.93. The van der Waals surface area contributed by atoms with Crippen LogP contribution < -0.4 is 10.4 Å². The molecule has 0 radical (unpaired) electrons. The molecule has 0 aliphatic heterocycles. The maximum atomic E-state index is 12.4. The molecule has 0 aromatic heterocycles. The summed E-state index contributed by atoms with van der Waals surface area (Å²) in [6.45, 7) is 6.95. The lowest BCUT2D eigenvalue weighted by atomic mass is 10.2. The van der Waals surface area contributed by atoms with E-state index in [0.29, 0.717) is 12.3 Å². The van der Waals surface area contributed by atoms with Crippen molar-refractivity contribution in [2.45, 2.75) is 45.1 Å². The van der Waals surface area contributed by atoms with Gasteiger partial charge in [0.1, 0.15) is 0 Å². The van der Waals surface area contributed by atoms with Gasteiger partial charge in [-0.2, -0.15) is 0 Å². The van der Waals surface area contributed by atoms with E-state index >= 15 is 0 Å². The molecule has 25 heavy (non-hydrogen) atoms. The molecular formula is C22H28O2Si. The highest BCUT2D eigenvalue weighted by molar-refractivity contribution is 6.99. The maximum absolute atomic E-state index is 12.4. The lowest BCUT2D eigenvalue weighted by Gasteiger charge is -2.42. The summed E-state index contributed by atoms with van der Waals surface area (Å²) in [5, 5.41) is 2.39. The Morgan fingerprint density at radius 2 is 1.44 bits per heavy atom. The van der Waals surface area contributed by atoms with Crippen LogP contribution in [0.25, 0.3) is 0 Å². The summed E-state index contributed by atoms with van der Waals surface area (Å²) in [4.78, 5) is 12.4. The topological polar surface area (TPSA) is 26.3 Å². The van der Waals surface area contributed by atoms with Crippen LogP contribution >= 0.6 is 0 Å². The molecule has 0 bridgehead atoms. The lowest BCUT2D eigenvalue weighted by molar-refractivity contribution is -0.121. The van der Waals surface area contributed by atoms with Gasteiger partial charge in [0, 0.05) is 6.42 Å². The summed E-state index contributed by atoms with van der Waals surface area (Å²) in [5.74, 6) is 0.853. The minimum Gasteiger partial charge on any atom is -0.400 e. The van der Waals surface area contributed by atoms with Gasteiger partial charge in [0.05, 0.1) is 6.61 Å². The van der Waals surface area contributed by atoms with Gasteiger partial charge in [-0.3, -0.25) is 4.79 Å². The van der Waals surface area contributed by atoms with Crippen LogP contribution in [-0.4, -0.2) is 20.7 Å². The van der Waals surface area contributed by atoms with Crippen LogP contribution in [0.1, 0.15) is 40.0 Å². The third-order valence-corrected chi connectivity index (χ3v) is 10.1. The number of carbonyl (C=O) groups excluding carboxylic acids is 1. The van der Waals surface area contributed by atoms with Crippen molar-refractivity contribution >= 4 is 24.5 Å². The number of benzene rings is 2. The molecule has 0 atom stereocenters. The lowest BCUT2D eigenvalue weighted by Crippen LogP contribution is -2.67. The smallest absolute Gasteiger partial charge is 0.261 e. The molecular weight excluding hydrogens is 324 g/mol. The maximum Gasteiger partial charge on any atom is 0.261 e. The quantitative estimate of drug-likeness (QED) is 0.706. The summed E-state index contributed by atoms with van der Waals surface area (Å²) in [5.41, 5.74) is 0. The molecule has 1 fully saturated rings. The van der Waals surface area contributed by atoms with E-state index in [2.05, 4.69) is 69.3 Å². The molecule has 0 spiro atoms. The molecule has 0 unspecified atom stereocenters. The Morgan fingerprint density at radius 3 is 1.84 bits per heavy atom. The SMILES string of the molecule is CC(C)(C)[Si](OCC(=O)CC1CC1)(c1ccccc1)c1ccccc1. The average Bonchev–Trinajstić information content (AvgIpc) is 3.40. The van der Waals surface area contributed by atoms with Crippen molar-refractivity contribution in [2.75, 3.05) is 6.61 Å². The van der Waals surface area contributed by atoms with Crippen molar-refractivity contribution in [3.63, 3.8) is 0 Å². The van der Waals surface area contributed by atoms with Gasteiger partial charge in [-0.05, 0) is 34.2 Å². The molecule has 2 nitrogen and oxygen atoms in total. The molecule has 0 amide bonds. The zero-order chi connectivity index (χ0) is 17.9. The molecule has 1 saturated carbocycles. The average molecular weight is 353 g/mol. The second-order valence-corrected chi connectivity index (χ2v) is 12.4. The molecule has 1 aliphatic rings. The van der Waals surface area contributed by atoms with Gasteiger partial charge in [-0.1, -0.05) is 81.4 Å². The first-order valence-corrected chi connectivity index (χ1v) is 11.1. The minimum absolute atomic E-state index is 0.0738. The van der Waals surface area contributed by atoms with Crippen molar-refractivity contribution in [2.24, 2.45) is 5.92 Å². The number of hydrogen-bond donors (Lipinski definition) is 0.